The van der Waals surface area contributed by atoms with Crippen molar-refractivity contribution in [3.63, 3.8) is 0 Å². The molecule has 0 spiro atoms. The van der Waals surface area contributed by atoms with Gasteiger partial charge in [0.1, 0.15) is 0 Å². The zero-order valence-electron chi connectivity index (χ0n) is 11.7. The van der Waals surface area contributed by atoms with E-state index in [0.717, 1.165) is 24.8 Å². The largest absolute Gasteiger partial charge is 0.393 e. The third-order valence-corrected chi connectivity index (χ3v) is 5.18. The quantitative estimate of drug-likeness (QED) is 0.801. The molecule has 1 aliphatic carbocycles. The Morgan fingerprint density at radius 3 is 2.65 bits per heavy atom. The van der Waals surface area contributed by atoms with Crippen LogP contribution in [0.2, 0.25) is 0 Å². The van der Waals surface area contributed by atoms with E-state index in [0.29, 0.717) is 12.0 Å². The molecular formula is C15H29NO. The molecule has 100 valence electrons. The van der Waals surface area contributed by atoms with Crippen molar-refractivity contribution < 1.29 is 5.11 Å². The summed E-state index contributed by atoms with van der Waals surface area (Å²) >= 11 is 0. The molecule has 1 saturated carbocycles. The molecule has 0 aromatic carbocycles. The van der Waals surface area contributed by atoms with E-state index in [2.05, 4.69) is 25.7 Å². The summed E-state index contributed by atoms with van der Waals surface area (Å²) in [6.07, 6.45) is 6.12. The molecule has 1 N–H and O–H groups in total. The third kappa shape index (κ3) is 3.23. The standard InChI is InChI=1S/C15H29NO/c1-11-6-7-15(17)14(9-11)10-16-8-4-5-12(2)13(16)3/h11-15,17H,4-10H2,1-3H3. The Morgan fingerprint density at radius 2 is 1.88 bits per heavy atom. The van der Waals surface area contributed by atoms with Crippen LogP contribution in [-0.4, -0.2) is 35.2 Å². The number of aliphatic hydroxyl groups is 1. The lowest BCUT2D eigenvalue weighted by Gasteiger charge is -2.42. The monoisotopic (exact) mass is 239 g/mol. The lowest BCUT2D eigenvalue weighted by Crippen LogP contribution is -2.47. The van der Waals surface area contributed by atoms with E-state index in [9.17, 15) is 5.11 Å². The molecule has 1 aliphatic heterocycles. The van der Waals surface area contributed by atoms with Crippen LogP contribution < -0.4 is 0 Å². The SMILES string of the molecule is CC1CCC(O)C(CN2CCCC(C)C2C)C1. The molecule has 2 nitrogen and oxygen atoms in total. The molecule has 2 aliphatic rings. The molecule has 0 aromatic heterocycles. The first-order valence-corrected chi connectivity index (χ1v) is 7.50. The first-order valence-electron chi connectivity index (χ1n) is 7.50. The second-order valence-electron chi connectivity index (χ2n) is 6.60. The number of hydrogen-bond donors (Lipinski definition) is 1. The van der Waals surface area contributed by atoms with Crippen molar-refractivity contribution in [3.8, 4) is 0 Å². The van der Waals surface area contributed by atoms with Crippen LogP contribution in [0.15, 0.2) is 0 Å². The molecule has 0 radical (unpaired) electrons. The minimum atomic E-state index is -0.0457. The molecule has 2 fully saturated rings. The Balaban J connectivity index is 1.90. The van der Waals surface area contributed by atoms with Gasteiger partial charge < -0.3 is 10.0 Å². The molecular weight excluding hydrogens is 210 g/mol. The minimum Gasteiger partial charge on any atom is -0.393 e. The molecule has 1 heterocycles. The zero-order valence-corrected chi connectivity index (χ0v) is 11.7. The fraction of sp³-hybridized carbons (Fsp3) is 1.00. The second-order valence-corrected chi connectivity index (χ2v) is 6.60. The first kappa shape index (κ1) is 13.4. The number of likely N-dealkylation sites (tertiary alicyclic amines) is 1. The Hall–Kier alpha value is -0.0800. The van der Waals surface area contributed by atoms with Crippen LogP contribution >= 0.6 is 0 Å². The molecule has 5 unspecified atom stereocenters. The van der Waals surface area contributed by atoms with Crippen molar-refractivity contribution in [2.45, 2.75) is 65.0 Å². The summed E-state index contributed by atoms with van der Waals surface area (Å²) in [5.74, 6) is 2.15. The van der Waals surface area contributed by atoms with Crippen molar-refractivity contribution in [2.24, 2.45) is 17.8 Å². The van der Waals surface area contributed by atoms with E-state index < -0.39 is 0 Å². The fourth-order valence-electron chi connectivity index (χ4n) is 3.66. The van der Waals surface area contributed by atoms with Crippen LogP contribution in [-0.2, 0) is 0 Å². The van der Waals surface area contributed by atoms with Crippen LogP contribution in [0.25, 0.3) is 0 Å². The van der Waals surface area contributed by atoms with Crippen LogP contribution in [0.1, 0.15) is 52.9 Å². The average Bonchev–Trinajstić information content (AvgIpc) is 2.30. The van der Waals surface area contributed by atoms with Gasteiger partial charge in [0.25, 0.3) is 0 Å². The maximum atomic E-state index is 10.1. The highest BCUT2D eigenvalue weighted by molar-refractivity contribution is 4.85. The van der Waals surface area contributed by atoms with Gasteiger partial charge in [-0.05, 0) is 63.3 Å². The maximum absolute atomic E-state index is 10.1. The first-order chi connectivity index (χ1) is 8.08. The third-order valence-electron chi connectivity index (χ3n) is 5.18. The van der Waals surface area contributed by atoms with E-state index in [1.165, 1.54) is 32.2 Å². The average molecular weight is 239 g/mol. The van der Waals surface area contributed by atoms with Crippen LogP contribution in [0.4, 0.5) is 0 Å². The van der Waals surface area contributed by atoms with E-state index in [1.54, 1.807) is 0 Å². The molecule has 1 saturated heterocycles. The molecule has 0 bridgehead atoms. The zero-order chi connectivity index (χ0) is 12.4. The van der Waals surface area contributed by atoms with Gasteiger partial charge in [-0.3, -0.25) is 0 Å². The smallest absolute Gasteiger partial charge is 0.0580 e. The summed E-state index contributed by atoms with van der Waals surface area (Å²) in [7, 11) is 0. The highest BCUT2D eigenvalue weighted by atomic mass is 16.3. The summed E-state index contributed by atoms with van der Waals surface area (Å²) in [4.78, 5) is 2.63. The highest BCUT2D eigenvalue weighted by Gasteiger charge is 2.32. The van der Waals surface area contributed by atoms with E-state index in [4.69, 9.17) is 0 Å². The van der Waals surface area contributed by atoms with Gasteiger partial charge in [-0.1, -0.05) is 13.8 Å². The molecule has 2 rings (SSSR count). The lowest BCUT2D eigenvalue weighted by molar-refractivity contribution is 0.00821. The number of nitrogens with zero attached hydrogens (tertiary/aromatic N) is 1. The predicted octanol–water partition coefficient (Wildman–Crippen LogP) is 2.90. The van der Waals surface area contributed by atoms with Gasteiger partial charge in [-0.2, -0.15) is 0 Å². The van der Waals surface area contributed by atoms with Crippen molar-refractivity contribution in [1.82, 2.24) is 4.90 Å². The summed E-state index contributed by atoms with van der Waals surface area (Å²) < 4.78 is 0. The predicted molar refractivity (Wildman–Crippen MR) is 71.9 cm³/mol. The van der Waals surface area contributed by atoms with Crippen molar-refractivity contribution in [3.05, 3.63) is 0 Å². The van der Waals surface area contributed by atoms with Gasteiger partial charge in [0.2, 0.25) is 0 Å². The Bertz CT molecular complexity index is 243. The number of aliphatic hydroxyl groups excluding tert-OH is 1. The molecule has 5 atom stereocenters. The van der Waals surface area contributed by atoms with Gasteiger partial charge in [-0.25, -0.2) is 0 Å². The van der Waals surface area contributed by atoms with Crippen molar-refractivity contribution in [2.75, 3.05) is 13.1 Å². The number of rotatable bonds is 2. The fourth-order valence-corrected chi connectivity index (χ4v) is 3.66. The Morgan fingerprint density at radius 1 is 1.12 bits per heavy atom. The Kier molecular flexibility index (Phi) is 4.48. The van der Waals surface area contributed by atoms with Crippen molar-refractivity contribution >= 4 is 0 Å². The molecule has 17 heavy (non-hydrogen) atoms. The molecule has 0 amide bonds. The van der Waals surface area contributed by atoms with Crippen LogP contribution in [0.5, 0.6) is 0 Å². The topological polar surface area (TPSA) is 23.5 Å². The van der Waals surface area contributed by atoms with Gasteiger partial charge >= 0.3 is 0 Å². The second kappa shape index (κ2) is 5.71. The van der Waals surface area contributed by atoms with Crippen LogP contribution in [0.3, 0.4) is 0 Å². The van der Waals surface area contributed by atoms with E-state index in [1.807, 2.05) is 0 Å². The minimum absolute atomic E-state index is 0.0457. The van der Waals surface area contributed by atoms with Gasteiger partial charge in [0.15, 0.2) is 0 Å². The van der Waals surface area contributed by atoms with Gasteiger partial charge in [-0.15, -0.1) is 0 Å². The summed E-state index contributed by atoms with van der Waals surface area (Å²) in [5.41, 5.74) is 0. The Labute approximate surface area is 106 Å². The highest BCUT2D eigenvalue weighted by Crippen LogP contribution is 2.32. The van der Waals surface area contributed by atoms with Gasteiger partial charge in [0, 0.05) is 12.6 Å². The number of hydrogen-bond acceptors (Lipinski definition) is 2. The van der Waals surface area contributed by atoms with Gasteiger partial charge in [0.05, 0.1) is 6.10 Å². The van der Waals surface area contributed by atoms with Crippen LogP contribution in [0, 0.1) is 17.8 Å². The summed E-state index contributed by atoms with van der Waals surface area (Å²) in [5, 5.41) is 10.1. The van der Waals surface area contributed by atoms with E-state index in [-0.39, 0.29) is 6.10 Å². The molecule has 0 aromatic rings. The van der Waals surface area contributed by atoms with E-state index >= 15 is 0 Å². The van der Waals surface area contributed by atoms with Crippen molar-refractivity contribution in [1.29, 1.82) is 0 Å². The maximum Gasteiger partial charge on any atom is 0.0580 e. The normalized spacial score (nSPS) is 44.8. The summed E-state index contributed by atoms with van der Waals surface area (Å²) in [6, 6.07) is 0.702. The number of piperidine rings is 1. The molecule has 2 heteroatoms. The lowest BCUT2D eigenvalue weighted by atomic mass is 9.79. The summed E-state index contributed by atoms with van der Waals surface area (Å²) in [6.45, 7) is 9.43.